The zero-order valence-electron chi connectivity index (χ0n) is 16.4. The molecule has 1 fully saturated rings. The molecule has 9 heteroatoms. The molecule has 8 nitrogen and oxygen atoms in total. The van der Waals surface area contributed by atoms with Gasteiger partial charge in [-0.05, 0) is 43.2 Å². The van der Waals surface area contributed by atoms with Gasteiger partial charge in [0, 0.05) is 36.5 Å². The van der Waals surface area contributed by atoms with Crippen LogP contribution in [0, 0.1) is 5.92 Å². The summed E-state index contributed by atoms with van der Waals surface area (Å²) in [5, 5.41) is 3.07. The van der Waals surface area contributed by atoms with Crippen LogP contribution in [0.25, 0.3) is 0 Å². The van der Waals surface area contributed by atoms with Gasteiger partial charge >= 0.3 is 0 Å². The summed E-state index contributed by atoms with van der Waals surface area (Å²) < 4.78 is 5.14. The first kappa shape index (κ1) is 22.7. The van der Waals surface area contributed by atoms with Gasteiger partial charge in [-0.2, -0.15) is 0 Å². The number of aromatic nitrogens is 1. The summed E-state index contributed by atoms with van der Waals surface area (Å²) in [4.78, 5) is 22.5. The Labute approximate surface area is 187 Å². The quantitative estimate of drug-likeness (QED) is 0.312. The van der Waals surface area contributed by atoms with Gasteiger partial charge in [0.25, 0.3) is 0 Å². The lowest BCUT2D eigenvalue weighted by atomic mass is 9.96. The molecule has 0 saturated carbocycles. The molecule has 1 amide bonds. The number of pyridine rings is 1. The third kappa shape index (κ3) is 6.21. The zero-order chi connectivity index (χ0) is 19.9. The van der Waals surface area contributed by atoms with E-state index in [1.54, 1.807) is 13.3 Å². The van der Waals surface area contributed by atoms with Crippen molar-refractivity contribution < 1.29 is 9.53 Å². The normalized spacial score (nSPS) is 14.8. The standard InChI is InChI=1S/C20H26N6O2.HI/c1-28-17-6-4-16(5-7-17)25-20(22)24-13-15-3-2-10-23-19(15)26-11-8-14(9-12-26)18(21)27;/h2-7,10,14H,8-9,11-13H2,1H3,(H2,21,27)(H3,22,24,25);1H. The molecule has 0 spiro atoms. The topological polar surface area (TPSA) is 119 Å². The van der Waals surface area contributed by atoms with Crippen LogP contribution in [0.3, 0.4) is 0 Å². The molecule has 0 aliphatic carbocycles. The van der Waals surface area contributed by atoms with Crippen LogP contribution in [0.5, 0.6) is 5.75 Å². The number of ether oxygens (including phenoxy) is 1. The van der Waals surface area contributed by atoms with Gasteiger partial charge in [-0.1, -0.05) is 6.07 Å². The van der Waals surface area contributed by atoms with Crippen LogP contribution in [0.1, 0.15) is 18.4 Å². The number of carbonyl (C=O) groups excluding carboxylic acids is 1. The Hall–Kier alpha value is -2.56. The monoisotopic (exact) mass is 510 g/mol. The summed E-state index contributed by atoms with van der Waals surface area (Å²) in [5.74, 6) is 1.72. The predicted octanol–water partition coefficient (Wildman–Crippen LogP) is 2.34. The Morgan fingerprint density at radius 2 is 1.93 bits per heavy atom. The second kappa shape index (κ2) is 10.8. The van der Waals surface area contributed by atoms with Crippen LogP contribution >= 0.6 is 24.0 Å². The zero-order valence-corrected chi connectivity index (χ0v) is 18.7. The number of nitrogens with zero attached hydrogens (tertiary/aromatic N) is 3. The highest BCUT2D eigenvalue weighted by Gasteiger charge is 2.24. The molecule has 2 aromatic rings. The summed E-state index contributed by atoms with van der Waals surface area (Å²) in [5.41, 5.74) is 13.3. The van der Waals surface area contributed by atoms with Crippen LogP contribution in [0.2, 0.25) is 0 Å². The first-order valence-electron chi connectivity index (χ1n) is 9.26. The molecule has 1 saturated heterocycles. The largest absolute Gasteiger partial charge is 0.497 e. The SMILES string of the molecule is COc1ccc(NC(N)=NCc2cccnc2N2CCC(C(N)=O)CC2)cc1.I. The number of rotatable bonds is 6. The smallest absolute Gasteiger partial charge is 0.220 e. The van der Waals surface area contributed by atoms with Crippen LogP contribution in [-0.4, -0.2) is 37.1 Å². The average Bonchev–Trinajstić information content (AvgIpc) is 2.73. The number of carbonyl (C=O) groups is 1. The van der Waals surface area contributed by atoms with Crippen molar-refractivity contribution in [1.82, 2.24) is 4.98 Å². The molecule has 1 aliphatic heterocycles. The van der Waals surface area contributed by atoms with E-state index in [1.165, 1.54) is 0 Å². The van der Waals surface area contributed by atoms with Gasteiger partial charge in [0.2, 0.25) is 5.91 Å². The Bertz CT molecular complexity index is 835. The first-order valence-corrected chi connectivity index (χ1v) is 9.26. The Kier molecular flexibility index (Phi) is 8.50. The maximum atomic E-state index is 11.4. The van der Waals surface area contributed by atoms with Gasteiger partial charge in [0.1, 0.15) is 11.6 Å². The Morgan fingerprint density at radius 3 is 2.55 bits per heavy atom. The van der Waals surface area contributed by atoms with Crippen molar-refractivity contribution in [3.63, 3.8) is 0 Å². The van der Waals surface area contributed by atoms with Crippen LogP contribution in [0.15, 0.2) is 47.6 Å². The summed E-state index contributed by atoms with van der Waals surface area (Å²) in [6.45, 7) is 1.91. The minimum absolute atomic E-state index is 0. The van der Waals surface area contributed by atoms with E-state index in [0.29, 0.717) is 12.5 Å². The lowest BCUT2D eigenvalue weighted by Crippen LogP contribution is -2.39. The summed E-state index contributed by atoms with van der Waals surface area (Å²) in [6.07, 6.45) is 3.26. The highest BCUT2D eigenvalue weighted by molar-refractivity contribution is 14.0. The van der Waals surface area contributed by atoms with Crippen LogP contribution in [0.4, 0.5) is 11.5 Å². The van der Waals surface area contributed by atoms with E-state index in [2.05, 4.69) is 20.2 Å². The summed E-state index contributed by atoms with van der Waals surface area (Å²) in [6, 6.07) is 11.3. The lowest BCUT2D eigenvalue weighted by Gasteiger charge is -2.32. The van der Waals surface area contributed by atoms with E-state index >= 15 is 0 Å². The fourth-order valence-electron chi connectivity index (χ4n) is 3.25. The molecule has 0 radical (unpaired) electrons. The van der Waals surface area contributed by atoms with Gasteiger partial charge < -0.3 is 26.4 Å². The number of amides is 1. The molecule has 0 bridgehead atoms. The third-order valence-corrected chi connectivity index (χ3v) is 4.85. The van der Waals surface area contributed by atoms with E-state index in [-0.39, 0.29) is 35.8 Å². The van der Waals surface area contributed by atoms with Crippen molar-refractivity contribution in [1.29, 1.82) is 0 Å². The number of nitrogens with two attached hydrogens (primary N) is 2. The molecule has 156 valence electrons. The number of nitrogens with one attached hydrogen (secondary N) is 1. The van der Waals surface area contributed by atoms with Crippen molar-refractivity contribution in [3.05, 3.63) is 48.2 Å². The number of aliphatic imine (C=N–C) groups is 1. The molecule has 0 atom stereocenters. The Morgan fingerprint density at radius 1 is 1.24 bits per heavy atom. The molecular weight excluding hydrogens is 483 g/mol. The highest BCUT2D eigenvalue weighted by atomic mass is 127. The van der Waals surface area contributed by atoms with Crippen LogP contribution < -0.4 is 26.4 Å². The van der Waals surface area contributed by atoms with E-state index in [9.17, 15) is 4.79 Å². The van der Waals surface area contributed by atoms with E-state index in [4.69, 9.17) is 16.2 Å². The van der Waals surface area contributed by atoms with Crippen molar-refractivity contribution >= 4 is 47.3 Å². The fourth-order valence-corrected chi connectivity index (χ4v) is 3.25. The number of piperidine rings is 1. The molecule has 0 unspecified atom stereocenters. The molecule has 1 aliphatic rings. The molecule has 1 aromatic carbocycles. The second-order valence-corrected chi connectivity index (χ2v) is 6.70. The average molecular weight is 510 g/mol. The number of methoxy groups -OCH3 is 1. The first-order chi connectivity index (χ1) is 13.6. The van der Waals surface area contributed by atoms with E-state index in [1.807, 2.05) is 36.4 Å². The van der Waals surface area contributed by atoms with E-state index in [0.717, 1.165) is 48.7 Å². The van der Waals surface area contributed by atoms with Gasteiger partial charge in [0.15, 0.2) is 5.96 Å². The minimum atomic E-state index is -0.220. The maximum absolute atomic E-state index is 11.4. The molecule has 29 heavy (non-hydrogen) atoms. The minimum Gasteiger partial charge on any atom is -0.497 e. The Balaban J connectivity index is 0.00000300. The van der Waals surface area contributed by atoms with Crippen molar-refractivity contribution in [2.24, 2.45) is 22.4 Å². The van der Waals surface area contributed by atoms with Gasteiger partial charge in [0.05, 0.1) is 13.7 Å². The van der Waals surface area contributed by atoms with Gasteiger partial charge in [-0.15, -0.1) is 24.0 Å². The van der Waals surface area contributed by atoms with Crippen molar-refractivity contribution in [2.45, 2.75) is 19.4 Å². The number of hydrogen-bond acceptors (Lipinski definition) is 5. The third-order valence-electron chi connectivity index (χ3n) is 4.85. The lowest BCUT2D eigenvalue weighted by molar-refractivity contribution is -0.122. The number of anilines is 2. The molecule has 3 rings (SSSR count). The summed E-state index contributed by atoms with van der Waals surface area (Å²) >= 11 is 0. The number of hydrogen-bond donors (Lipinski definition) is 3. The molecule has 1 aromatic heterocycles. The highest BCUT2D eigenvalue weighted by Crippen LogP contribution is 2.25. The molecular formula is C20H27IN6O2. The molecule has 2 heterocycles. The summed E-state index contributed by atoms with van der Waals surface area (Å²) in [7, 11) is 1.63. The molecule has 5 N–H and O–H groups in total. The van der Waals surface area contributed by atoms with Crippen molar-refractivity contribution in [3.8, 4) is 5.75 Å². The van der Waals surface area contributed by atoms with Crippen LogP contribution in [-0.2, 0) is 11.3 Å². The predicted molar refractivity (Wildman–Crippen MR) is 126 cm³/mol. The number of halogens is 1. The number of guanidine groups is 1. The maximum Gasteiger partial charge on any atom is 0.220 e. The second-order valence-electron chi connectivity index (χ2n) is 6.70. The van der Waals surface area contributed by atoms with Crippen molar-refractivity contribution in [2.75, 3.05) is 30.4 Å². The van der Waals surface area contributed by atoms with Gasteiger partial charge in [-0.25, -0.2) is 9.98 Å². The number of benzene rings is 1. The van der Waals surface area contributed by atoms with E-state index < -0.39 is 0 Å². The number of primary amides is 1. The van der Waals surface area contributed by atoms with Gasteiger partial charge in [-0.3, -0.25) is 4.79 Å². The fraction of sp³-hybridized carbons (Fsp3) is 0.350.